The van der Waals surface area contributed by atoms with Crippen LogP contribution in [0.3, 0.4) is 0 Å². The Morgan fingerprint density at radius 2 is 1.97 bits per heavy atom. The molecule has 0 bridgehead atoms. The van der Waals surface area contributed by atoms with E-state index in [1.165, 1.54) is 27.8 Å². The highest BCUT2D eigenvalue weighted by molar-refractivity contribution is 7.89. The average Bonchev–Trinajstić information content (AvgIpc) is 3.56. The Morgan fingerprint density at radius 3 is 2.61 bits per heavy atom. The summed E-state index contributed by atoms with van der Waals surface area (Å²) in [5.74, 6) is 0.465. The summed E-state index contributed by atoms with van der Waals surface area (Å²) < 4.78 is 39.7. The molecule has 3 aromatic rings. The smallest absolute Gasteiger partial charge is 0.260 e. The number of thiazole rings is 1. The fraction of sp³-hybridized carbons (Fsp3) is 0.462. The number of hydrogen-bond acceptors (Lipinski definition) is 7. The summed E-state index contributed by atoms with van der Waals surface area (Å²) in [5, 5.41) is 0.576. The largest absolute Gasteiger partial charge is 0.497 e. The number of unbranched alkanes of at least 4 members (excludes halogenated alkanes) is 1. The number of fused-ring (bicyclic) bond motifs is 1. The SMILES string of the molecule is CCCCN(CC)S(=O)(=O)c1ccc(C(=O)N(CC2CCCO2)c2nc3cc(OC)ccc3s2)cc1. The molecule has 10 heteroatoms. The van der Waals surface area contributed by atoms with Crippen molar-refractivity contribution < 1.29 is 22.7 Å². The summed E-state index contributed by atoms with van der Waals surface area (Å²) in [6, 6.07) is 11.9. The average molecular weight is 532 g/mol. The van der Waals surface area contributed by atoms with Gasteiger partial charge in [0.25, 0.3) is 5.91 Å². The van der Waals surface area contributed by atoms with Crippen LogP contribution < -0.4 is 9.64 Å². The van der Waals surface area contributed by atoms with Crippen LogP contribution >= 0.6 is 11.3 Å². The number of nitrogens with zero attached hydrogens (tertiary/aromatic N) is 3. The Kier molecular flexibility index (Phi) is 8.61. The van der Waals surface area contributed by atoms with E-state index in [2.05, 4.69) is 0 Å². The van der Waals surface area contributed by atoms with E-state index in [1.54, 1.807) is 24.1 Å². The Morgan fingerprint density at radius 1 is 1.19 bits per heavy atom. The van der Waals surface area contributed by atoms with Crippen molar-refractivity contribution in [2.45, 2.75) is 50.5 Å². The molecule has 0 spiro atoms. The first-order valence-electron chi connectivity index (χ1n) is 12.4. The van der Waals surface area contributed by atoms with Crippen molar-refractivity contribution in [3.05, 3.63) is 48.0 Å². The third kappa shape index (κ3) is 5.72. The molecule has 2 aromatic carbocycles. The quantitative estimate of drug-likeness (QED) is 0.348. The molecule has 0 N–H and O–H groups in total. The molecular weight excluding hydrogens is 498 g/mol. The number of ether oxygens (including phenoxy) is 2. The Bertz CT molecular complexity index is 1280. The maximum absolute atomic E-state index is 13.7. The highest BCUT2D eigenvalue weighted by Crippen LogP contribution is 2.33. The highest BCUT2D eigenvalue weighted by atomic mass is 32.2. The number of methoxy groups -OCH3 is 1. The molecule has 2 heterocycles. The molecule has 1 aliphatic heterocycles. The lowest BCUT2D eigenvalue weighted by molar-refractivity contribution is 0.0917. The van der Waals surface area contributed by atoms with Crippen LogP contribution in [-0.4, -0.2) is 63.1 Å². The minimum atomic E-state index is -3.61. The van der Waals surface area contributed by atoms with Gasteiger partial charge in [0.15, 0.2) is 5.13 Å². The molecule has 1 atom stereocenters. The van der Waals surface area contributed by atoms with Crippen LogP contribution in [0.5, 0.6) is 5.75 Å². The summed E-state index contributed by atoms with van der Waals surface area (Å²) in [5.41, 5.74) is 1.16. The van der Waals surface area contributed by atoms with E-state index < -0.39 is 10.0 Å². The molecule has 1 aromatic heterocycles. The van der Waals surface area contributed by atoms with Crippen LogP contribution in [0.2, 0.25) is 0 Å². The Labute approximate surface area is 216 Å². The number of aromatic nitrogens is 1. The third-order valence-corrected chi connectivity index (χ3v) is 9.37. The number of carbonyl (C=O) groups excluding carboxylic acids is 1. The minimum absolute atomic E-state index is 0.0631. The monoisotopic (exact) mass is 531 g/mol. The van der Waals surface area contributed by atoms with Gasteiger partial charge >= 0.3 is 0 Å². The van der Waals surface area contributed by atoms with Gasteiger partial charge in [0.05, 0.1) is 34.9 Å². The zero-order valence-corrected chi connectivity index (χ0v) is 22.6. The highest BCUT2D eigenvalue weighted by Gasteiger charge is 2.28. The van der Waals surface area contributed by atoms with Gasteiger partial charge in [-0.3, -0.25) is 9.69 Å². The van der Waals surface area contributed by atoms with Crippen LogP contribution in [0.4, 0.5) is 5.13 Å². The number of amides is 1. The van der Waals surface area contributed by atoms with Crippen molar-refractivity contribution in [3.63, 3.8) is 0 Å². The molecular formula is C26H33N3O5S2. The number of carbonyl (C=O) groups is 1. The van der Waals surface area contributed by atoms with E-state index in [0.717, 1.165) is 35.9 Å². The molecule has 1 fully saturated rings. The molecule has 36 heavy (non-hydrogen) atoms. The lowest BCUT2D eigenvalue weighted by atomic mass is 10.2. The maximum Gasteiger partial charge on any atom is 0.260 e. The number of anilines is 1. The second kappa shape index (κ2) is 11.7. The van der Waals surface area contributed by atoms with Crippen molar-refractivity contribution in [3.8, 4) is 5.75 Å². The van der Waals surface area contributed by atoms with E-state index >= 15 is 0 Å². The lowest BCUT2D eigenvalue weighted by Crippen LogP contribution is -2.37. The van der Waals surface area contributed by atoms with Crippen molar-refractivity contribution in [2.75, 3.05) is 38.3 Å². The summed E-state index contributed by atoms with van der Waals surface area (Å²) in [7, 11) is -2.01. The van der Waals surface area contributed by atoms with Crippen LogP contribution in [0.25, 0.3) is 10.2 Å². The summed E-state index contributed by atoms with van der Waals surface area (Å²) >= 11 is 1.43. The number of rotatable bonds is 11. The molecule has 1 amide bonds. The Hall–Kier alpha value is -2.53. The van der Waals surface area contributed by atoms with Gasteiger partial charge in [0.1, 0.15) is 5.75 Å². The van der Waals surface area contributed by atoms with Gasteiger partial charge in [-0.2, -0.15) is 4.31 Å². The van der Waals surface area contributed by atoms with Crippen LogP contribution in [0, 0.1) is 0 Å². The standard InChI is InChI=1S/C26H33N3O5S2/c1-4-6-15-28(5-2)36(31,32)22-12-9-19(10-13-22)25(30)29(18-21-8-7-16-34-21)26-27-23-17-20(33-3)11-14-24(23)35-26/h9-14,17,21H,4-8,15-16,18H2,1-3H3. The van der Waals surface area contributed by atoms with Crippen molar-refractivity contribution in [1.29, 1.82) is 0 Å². The topological polar surface area (TPSA) is 89.0 Å². The first-order chi connectivity index (χ1) is 17.4. The van der Waals surface area contributed by atoms with Crippen LogP contribution in [-0.2, 0) is 14.8 Å². The molecule has 1 unspecified atom stereocenters. The summed E-state index contributed by atoms with van der Waals surface area (Å²) in [4.78, 5) is 20.2. The van der Waals surface area contributed by atoms with Gasteiger partial charge in [-0.05, 0) is 55.7 Å². The van der Waals surface area contributed by atoms with Crippen molar-refractivity contribution >= 4 is 42.6 Å². The predicted molar refractivity (Wildman–Crippen MR) is 143 cm³/mol. The van der Waals surface area contributed by atoms with E-state index in [0.29, 0.717) is 42.7 Å². The second-order valence-corrected chi connectivity index (χ2v) is 11.7. The van der Waals surface area contributed by atoms with Crippen LogP contribution in [0.15, 0.2) is 47.4 Å². The van der Waals surface area contributed by atoms with E-state index in [4.69, 9.17) is 14.5 Å². The molecule has 0 radical (unpaired) electrons. The maximum atomic E-state index is 13.7. The first-order valence-corrected chi connectivity index (χ1v) is 14.6. The van der Waals surface area contributed by atoms with Crippen molar-refractivity contribution in [1.82, 2.24) is 9.29 Å². The van der Waals surface area contributed by atoms with Gasteiger partial charge in [0.2, 0.25) is 10.0 Å². The summed E-state index contributed by atoms with van der Waals surface area (Å²) in [6.45, 7) is 5.82. The van der Waals surface area contributed by atoms with Crippen LogP contribution in [0.1, 0.15) is 49.9 Å². The van der Waals surface area contributed by atoms with E-state index in [1.807, 2.05) is 32.0 Å². The number of hydrogen-bond donors (Lipinski definition) is 0. The van der Waals surface area contributed by atoms with Crippen molar-refractivity contribution in [2.24, 2.45) is 0 Å². The second-order valence-electron chi connectivity index (χ2n) is 8.76. The van der Waals surface area contributed by atoms with Gasteiger partial charge in [-0.15, -0.1) is 0 Å². The van der Waals surface area contributed by atoms with Gasteiger partial charge in [-0.25, -0.2) is 13.4 Å². The zero-order chi connectivity index (χ0) is 25.7. The molecule has 1 saturated heterocycles. The third-order valence-electron chi connectivity index (χ3n) is 6.32. The molecule has 1 aliphatic rings. The number of sulfonamides is 1. The normalized spacial score (nSPS) is 16.1. The van der Waals surface area contributed by atoms with E-state index in [9.17, 15) is 13.2 Å². The minimum Gasteiger partial charge on any atom is -0.497 e. The van der Waals surface area contributed by atoms with Gasteiger partial charge in [-0.1, -0.05) is 31.6 Å². The first kappa shape index (κ1) is 26.5. The number of benzene rings is 2. The Balaban J connectivity index is 1.62. The fourth-order valence-electron chi connectivity index (χ4n) is 4.23. The molecule has 4 rings (SSSR count). The summed E-state index contributed by atoms with van der Waals surface area (Å²) in [6.07, 6.45) is 3.49. The lowest BCUT2D eigenvalue weighted by Gasteiger charge is -2.23. The predicted octanol–water partition coefficient (Wildman–Crippen LogP) is 4.94. The van der Waals surface area contributed by atoms with Gasteiger partial charge in [0, 0.05) is 31.3 Å². The fourth-order valence-corrected chi connectivity index (χ4v) is 6.68. The molecule has 194 valence electrons. The van der Waals surface area contributed by atoms with E-state index in [-0.39, 0.29) is 16.9 Å². The zero-order valence-electron chi connectivity index (χ0n) is 21.0. The molecule has 0 saturated carbocycles. The molecule has 8 nitrogen and oxygen atoms in total. The molecule has 0 aliphatic carbocycles. The van der Waals surface area contributed by atoms with Gasteiger partial charge < -0.3 is 9.47 Å².